The summed E-state index contributed by atoms with van der Waals surface area (Å²) in [5, 5.41) is 18.9. The van der Waals surface area contributed by atoms with Gasteiger partial charge in [0, 0.05) is 13.2 Å². The Kier molecular flexibility index (Phi) is 10.4. The predicted molar refractivity (Wildman–Crippen MR) is 139 cm³/mol. The van der Waals surface area contributed by atoms with Crippen LogP contribution in [0.1, 0.15) is 128 Å². The highest BCUT2D eigenvalue weighted by molar-refractivity contribution is 5.32. The maximum atomic E-state index is 9.45. The van der Waals surface area contributed by atoms with E-state index in [9.17, 15) is 10.2 Å². The lowest BCUT2D eigenvalue weighted by atomic mass is 9.87. The molecule has 4 nitrogen and oxygen atoms in total. The normalized spacial score (nSPS) is 25.8. The zero-order valence-electron chi connectivity index (χ0n) is 22.2. The minimum Gasteiger partial charge on any atom is -0.396 e. The molecule has 0 bridgehead atoms. The van der Waals surface area contributed by atoms with Crippen LogP contribution in [0.15, 0.2) is 24.3 Å². The van der Waals surface area contributed by atoms with E-state index in [0.717, 1.165) is 64.2 Å². The maximum absolute atomic E-state index is 9.45. The Labute approximate surface area is 208 Å². The molecule has 4 heteroatoms. The molecule has 34 heavy (non-hydrogen) atoms. The van der Waals surface area contributed by atoms with E-state index in [-0.39, 0.29) is 36.3 Å². The molecule has 2 aliphatic heterocycles. The molecule has 4 unspecified atom stereocenters. The second kappa shape index (κ2) is 12.9. The van der Waals surface area contributed by atoms with Crippen molar-refractivity contribution in [2.75, 3.05) is 13.2 Å². The summed E-state index contributed by atoms with van der Waals surface area (Å²) in [6, 6.07) is 8.78. The highest BCUT2D eigenvalue weighted by Gasteiger charge is 2.33. The molecular formula is C30H50O4. The van der Waals surface area contributed by atoms with Crippen molar-refractivity contribution in [2.45, 2.75) is 129 Å². The van der Waals surface area contributed by atoms with Crippen LogP contribution in [0.5, 0.6) is 0 Å². The van der Waals surface area contributed by atoms with Crippen LogP contribution in [-0.4, -0.2) is 35.6 Å². The van der Waals surface area contributed by atoms with Crippen LogP contribution in [0.4, 0.5) is 0 Å². The first-order valence-corrected chi connectivity index (χ1v) is 13.8. The molecule has 1 aromatic rings. The van der Waals surface area contributed by atoms with Gasteiger partial charge in [-0.2, -0.15) is 0 Å². The molecule has 0 amide bonds. The standard InChI is InChI=1S/C30H50O4/c1-29(2,21-31)19-9-7-11-23-15-17-27(33-23)25-13-5-6-14-26(25)28-18-16-24(34-28)12-8-10-20-30(3,4)22-32/h5-6,13-14,23-24,27-28,31-32H,7-12,15-22H2,1-4H3. The van der Waals surface area contributed by atoms with E-state index in [1.807, 2.05) is 0 Å². The summed E-state index contributed by atoms with van der Waals surface area (Å²) in [6.45, 7) is 9.08. The molecule has 3 rings (SSSR count). The van der Waals surface area contributed by atoms with Gasteiger partial charge in [-0.25, -0.2) is 0 Å². The van der Waals surface area contributed by atoms with Crippen molar-refractivity contribution >= 4 is 0 Å². The van der Waals surface area contributed by atoms with Crippen LogP contribution in [0.2, 0.25) is 0 Å². The van der Waals surface area contributed by atoms with E-state index in [1.54, 1.807) is 0 Å². The van der Waals surface area contributed by atoms with Crippen molar-refractivity contribution in [3.8, 4) is 0 Å². The van der Waals surface area contributed by atoms with Gasteiger partial charge in [-0.05, 0) is 73.3 Å². The first-order valence-electron chi connectivity index (χ1n) is 13.8. The van der Waals surface area contributed by atoms with Crippen LogP contribution in [-0.2, 0) is 9.47 Å². The summed E-state index contributed by atoms with van der Waals surface area (Å²) < 4.78 is 13.1. The van der Waals surface area contributed by atoms with E-state index < -0.39 is 0 Å². The first-order chi connectivity index (χ1) is 16.2. The molecule has 0 aromatic heterocycles. The molecule has 2 aliphatic rings. The number of aliphatic hydroxyl groups excluding tert-OH is 2. The molecule has 2 heterocycles. The molecule has 1 aromatic carbocycles. The van der Waals surface area contributed by atoms with Gasteiger partial charge < -0.3 is 19.7 Å². The van der Waals surface area contributed by atoms with E-state index >= 15 is 0 Å². The number of rotatable bonds is 14. The number of ether oxygens (including phenoxy) is 2. The zero-order valence-corrected chi connectivity index (χ0v) is 22.2. The van der Waals surface area contributed by atoms with Crippen molar-refractivity contribution in [1.82, 2.24) is 0 Å². The molecule has 4 atom stereocenters. The lowest BCUT2D eigenvalue weighted by Crippen LogP contribution is -2.16. The van der Waals surface area contributed by atoms with Gasteiger partial charge in [0.05, 0.1) is 24.4 Å². The third kappa shape index (κ3) is 8.33. The first kappa shape index (κ1) is 27.6. The Morgan fingerprint density at radius 1 is 0.676 bits per heavy atom. The largest absolute Gasteiger partial charge is 0.396 e. The van der Waals surface area contributed by atoms with Crippen LogP contribution in [0.3, 0.4) is 0 Å². The van der Waals surface area contributed by atoms with Crippen molar-refractivity contribution in [2.24, 2.45) is 10.8 Å². The molecule has 2 saturated heterocycles. The fourth-order valence-electron chi connectivity index (χ4n) is 5.50. The van der Waals surface area contributed by atoms with Crippen LogP contribution < -0.4 is 0 Å². The fourth-order valence-corrected chi connectivity index (χ4v) is 5.50. The zero-order chi connectivity index (χ0) is 24.6. The van der Waals surface area contributed by atoms with Gasteiger partial charge in [-0.3, -0.25) is 0 Å². The number of benzene rings is 1. The van der Waals surface area contributed by atoms with Crippen LogP contribution in [0.25, 0.3) is 0 Å². The molecule has 0 aliphatic carbocycles. The molecule has 0 radical (unpaired) electrons. The summed E-state index contributed by atoms with van der Waals surface area (Å²) in [5.41, 5.74) is 2.74. The third-order valence-electron chi connectivity index (χ3n) is 8.02. The van der Waals surface area contributed by atoms with Crippen LogP contribution in [0, 0.1) is 10.8 Å². The number of hydrogen-bond donors (Lipinski definition) is 2. The van der Waals surface area contributed by atoms with Crippen molar-refractivity contribution < 1.29 is 19.7 Å². The maximum Gasteiger partial charge on any atom is 0.0833 e. The SMILES string of the molecule is CC(C)(CO)CCCCC1CCC(c2ccccc2C2CCC(CCCCC(C)(C)CO)O2)O1. The van der Waals surface area contributed by atoms with Crippen LogP contribution >= 0.6 is 0 Å². The second-order valence-corrected chi connectivity index (χ2v) is 12.4. The monoisotopic (exact) mass is 474 g/mol. The Morgan fingerprint density at radius 3 is 1.47 bits per heavy atom. The molecule has 2 N–H and O–H groups in total. The summed E-state index contributed by atoms with van der Waals surface area (Å²) in [6.07, 6.45) is 14.6. The van der Waals surface area contributed by atoms with Crippen molar-refractivity contribution in [3.05, 3.63) is 35.4 Å². The fraction of sp³-hybridized carbons (Fsp3) is 0.800. The second-order valence-electron chi connectivity index (χ2n) is 12.4. The van der Waals surface area contributed by atoms with Gasteiger partial charge in [0.25, 0.3) is 0 Å². The smallest absolute Gasteiger partial charge is 0.0833 e. The average molecular weight is 475 g/mol. The van der Waals surface area contributed by atoms with E-state index in [0.29, 0.717) is 12.2 Å². The average Bonchev–Trinajstić information content (AvgIpc) is 3.49. The molecule has 2 fully saturated rings. The molecular weight excluding hydrogens is 424 g/mol. The molecule has 194 valence electrons. The minimum absolute atomic E-state index is 0.0349. The lowest BCUT2D eigenvalue weighted by molar-refractivity contribution is 0.0248. The van der Waals surface area contributed by atoms with Gasteiger partial charge in [-0.15, -0.1) is 0 Å². The molecule has 0 saturated carbocycles. The van der Waals surface area contributed by atoms with Gasteiger partial charge in [0.2, 0.25) is 0 Å². The Morgan fingerprint density at radius 2 is 1.09 bits per heavy atom. The molecule has 0 spiro atoms. The van der Waals surface area contributed by atoms with E-state index in [4.69, 9.17) is 9.47 Å². The number of hydrogen-bond acceptors (Lipinski definition) is 4. The Hall–Kier alpha value is -0.940. The summed E-state index contributed by atoms with van der Waals surface area (Å²) in [5.74, 6) is 0. The van der Waals surface area contributed by atoms with Gasteiger partial charge in [0.15, 0.2) is 0 Å². The van der Waals surface area contributed by atoms with Crippen molar-refractivity contribution in [1.29, 1.82) is 0 Å². The Bertz CT molecular complexity index is 667. The Balaban J connectivity index is 1.45. The quantitative estimate of drug-likeness (QED) is 0.278. The number of unbranched alkanes of at least 4 members (excludes halogenated alkanes) is 2. The minimum atomic E-state index is 0.0349. The number of aliphatic hydroxyl groups is 2. The topological polar surface area (TPSA) is 58.9 Å². The summed E-state index contributed by atoms with van der Waals surface area (Å²) in [7, 11) is 0. The van der Waals surface area contributed by atoms with Gasteiger partial charge >= 0.3 is 0 Å². The summed E-state index contributed by atoms with van der Waals surface area (Å²) >= 11 is 0. The third-order valence-corrected chi connectivity index (χ3v) is 8.02. The highest BCUT2D eigenvalue weighted by Crippen LogP contribution is 2.42. The predicted octanol–water partition coefficient (Wildman–Crippen LogP) is 7.28. The highest BCUT2D eigenvalue weighted by atomic mass is 16.5. The van der Waals surface area contributed by atoms with Gasteiger partial charge in [-0.1, -0.05) is 77.6 Å². The summed E-state index contributed by atoms with van der Waals surface area (Å²) in [4.78, 5) is 0. The lowest BCUT2D eigenvalue weighted by Gasteiger charge is -2.23. The van der Waals surface area contributed by atoms with E-state index in [2.05, 4.69) is 52.0 Å². The van der Waals surface area contributed by atoms with Crippen molar-refractivity contribution in [3.63, 3.8) is 0 Å². The van der Waals surface area contributed by atoms with Gasteiger partial charge in [0.1, 0.15) is 0 Å². The van der Waals surface area contributed by atoms with E-state index in [1.165, 1.54) is 24.0 Å².